The molecule has 0 atom stereocenters. The van der Waals surface area contributed by atoms with Gasteiger partial charge in [0.05, 0.1) is 14.5 Å². The number of H-pyrrole nitrogens is 1. The summed E-state index contributed by atoms with van der Waals surface area (Å²) >= 11 is 2.16. The number of hydrogen-bond donors (Lipinski definition) is 2. The van der Waals surface area contributed by atoms with E-state index >= 15 is 0 Å². The van der Waals surface area contributed by atoms with Crippen LogP contribution in [0.15, 0.2) is 47.3 Å². The van der Waals surface area contributed by atoms with Crippen molar-refractivity contribution in [2.45, 2.75) is 0 Å². The van der Waals surface area contributed by atoms with E-state index in [9.17, 15) is 4.79 Å². The number of fused-ring (bicyclic) bond motifs is 1. The van der Waals surface area contributed by atoms with Crippen LogP contribution in [0.25, 0.3) is 10.9 Å². The summed E-state index contributed by atoms with van der Waals surface area (Å²) < 4.78 is 6.56. The lowest BCUT2D eigenvalue weighted by atomic mass is 10.2. The molecular weight excluding hydrogens is 369 g/mol. The maximum atomic E-state index is 12.0. The molecule has 3 aromatic rings. The first-order valence-corrected chi connectivity index (χ1v) is 6.93. The Bertz CT molecular complexity index is 845. The Kier molecular flexibility index (Phi) is 3.31. The molecule has 100 valence electrons. The van der Waals surface area contributed by atoms with E-state index in [0.29, 0.717) is 22.3 Å². The molecule has 0 saturated heterocycles. The number of aromatic amines is 1. The summed E-state index contributed by atoms with van der Waals surface area (Å²) in [4.78, 5) is 18.9. The molecule has 0 unspecified atom stereocenters. The fourth-order valence-electron chi connectivity index (χ4n) is 1.81. The smallest absolute Gasteiger partial charge is 0.302 e. The number of nitrogen functional groups attached to an aromatic ring is 1. The van der Waals surface area contributed by atoms with Gasteiger partial charge in [0.2, 0.25) is 0 Å². The number of nitrogens with zero attached hydrogens (tertiary/aromatic N) is 1. The molecule has 5 nitrogen and oxygen atoms in total. The highest BCUT2D eigenvalue weighted by atomic mass is 127. The zero-order valence-corrected chi connectivity index (χ0v) is 12.4. The lowest BCUT2D eigenvalue weighted by molar-refractivity contribution is 0.440. The van der Waals surface area contributed by atoms with Crippen molar-refractivity contribution in [3.8, 4) is 11.8 Å². The van der Waals surface area contributed by atoms with Gasteiger partial charge in [-0.25, -0.2) is 0 Å². The number of ether oxygens (including phenoxy) is 1. The van der Waals surface area contributed by atoms with Crippen LogP contribution in [-0.4, -0.2) is 9.97 Å². The van der Waals surface area contributed by atoms with Crippen molar-refractivity contribution in [3.05, 3.63) is 56.4 Å². The Labute approximate surface area is 127 Å². The molecule has 0 fully saturated rings. The van der Waals surface area contributed by atoms with Gasteiger partial charge in [-0.1, -0.05) is 12.1 Å². The standard InChI is InChI=1S/C14H10IN3O2/c15-10-3-1-2-4-12(10)20-14-17-11-6-5-8(16)7-9(11)13(19)18-14/h1-7H,16H2,(H,17,18,19). The first-order chi connectivity index (χ1) is 9.63. The fraction of sp³-hybridized carbons (Fsp3) is 0. The van der Waals surface area contributed by atoms with Crippen molar-refractivity contribution in [1.29, 1.82) is 0 Å². The minimum Gasteiger partial charge on any atom is -0.424 e. The van der Waals surface area contributed by atoms with E-state index in [1.54, 1.807) is 18.2 Å². The van der Waals surface area contributed by atoms with Crippen LogP contribution >= 0.6 is 22.6 Å². The van der Waals surface area contributed by atoms with Crippen LogP contribution < -0.4 is 16.0 Å². The van der Waals surface area contributed by atoms with Crippen LogP contribution in [0.1, 0.15) is 0 Å². The molecule has 0 aliphatic heterocycles. The Morgan fingerprint density at radius 3 is 2.80 bits per heavy atom. The maximum absolute atomic E-state index is 12.0. The highest BCUT2D eigenvalue weighted by Gasteiger charge is 2.07. The molecular formula is C14H10IN3O2. The predicted octanol–water partition coefficient (Wildman–Crippen LogP) is 2.90. The summed E-state index contributed by atoms with van der Waals surface area (Å²) in [5, 5.41) is 0.445. The minimum absolute atomic E-state index is 0.163. The van der Waals surface area contributed by atoms with E-state index in [4.69, 9.17) is 10.5 Å². The highest BCUT2D eigenvalue weighted by Crippen LogP contribution is 2.24. The van der Waals surface area contributed by atoms with Crippen molar-refractivity contribution in [1.82, 2.24) is 9.97 Å². The van der Waals surface area contributed by atoms with E-state index in [0.717, 1.165) is 3.57 Å². The van der Waals surface area contributed by atoms with E-state index in [-0.39, 0.29) is 11.6 Å². The molecule has 0 radical (unpaired) electrons. The normalized spacial score (nSPS) is 10.7. The molecule has 20 heavy (non-hydrogen) atoms. The Hall–Kier alpha value is -2.09. The van der Waals surface area contributed by atoms with Crippen LogP contribution in [0.5, 0.6) is 11.8 Å². The molecule has 0 saturated carbocycles. The number of nitrogens with one attached hydrogen (secondary N) is 1. The molecule has 1 heterocycles. The monoisotopic (exact) mass is 379 g/mol. The summed E-state index contributed by atoms with van der Waals surface area (Å²) in [5.74, 6) is 0.644. The number of hydrogen-bond acceptors (Lipinski definition) is 4. The van der Waals surface area contributed by atoms with Crippen LogP contribution in [0.3, 0.4) is 0 Å². The van der Waals surface area contributed by atoms with Gasteiger partial charge in [0.25, 0.3) is 5.56 Å². The van der Waals surface area contributed by atoms with E-state index in [1.165, 1.54) is 0 Å². The Balaban J connectivity index is 2.08. The molecule has 6 heteroatoms. The zero-order chi connectivity index (χ0) is 14.1. The molecule has 3 rings (SSSR count). The molecule has 2 aromatic carbocycles. The van der Waals surface area contributed by atoms with Gasteiger partial charge in [0.1, 0.15) is 5.75 Å². The number of nitrogens with two attached hydrogens (primary N) is 1. The molecule has 0 spiro atoms. The third-order valence-corrected chi connectivity index (χ3v) is 3.64. The average molecular weight is 379 g/mol. The number of aromatic nitrogens is 2. The number of anilines is 1. The van der Waals surface area contributed by atoms with Gasteiger partial charge < -0.3 is 10.5 Å². The second-order valence-electron chi connectivity index (χ2n) is 4.18. The summed E-state index contributed by atoms with van der Waals surface area (Å²) in [5.41, 5.74) is 6.46. The van der Waals surface area contributed by atoms with Crippen LogP contribution in [-0.2, 0) is 0 Å². The number of rotatable bonds is 2. The van der Waals surface area contributed by atoms with Gasteiger partial charge in [-0.15, -0.1) is 0 Å². The average Bonchev–Trinajstić information content (AvgIpc) is 2.42. The summed E-state index contributed by atoms with van der Waals surface area (Å²) in [6.45, 7) is 0. The third-order valence-electron chi connectivity index (χ3n) is 2.75. The van der Waals surface area contributed by atoms with Crippen LogP contribution in [0.2, 0.25) is 0 Å². The molecule has 1 aromatic heterocycles. The molecule has 0 bridgehead atoms. The summed E-state index contributed by atoms with van der Waals surface area (Å²) in [7, 11) is 0. The van der Waals surface area contributed by atoms with Crippen LogP contribution in [0.4, 0.5) is 5.69 Å². The van der Waals surface area contributed by atoms with Crippen molar-refractivity contribution in [3.63, 3.8) is 0 Å². The van der Waals surface area contributed by atoms with Gasteiger partial charge in [-0.2, -0.15) is 4.98 Å². The fourth-order valence-corrected chi connectivity index (χ4v) is 2.31. The number of para-hydroxylation sites is 1. The van der Waals surface area contributed by atoms with Gasteiger partial charge in [-0.3, -0.25) is 9.78 Å². The lowest BCUT2D eigenvalue weighted by Gasteiger charge is -2.07. The quantitative estimate of drug-likeness (QED) is 0.530. The molecule has 0 amide bonds. The predicted molar refractivity (Wildman–Crippen MR) is 86.0 cm³/mol. The van der Waals surface area contributed by atoms with Crippen molar-refractivity contribution >= 4 is 39.2 Å². The zero-order valence-electron chi connectivity index (χ0n) is 10.3. The second-order valence-corrected chi connectivity index (χ2v) is 5.34. The Morgan fingerprint density at radius 1 is 1.20 bits per heavy atom. The number of halogens is 1. The minimum atomic E-state index is -0.275. The topological polar surface area (TPSA) is 81.0 Å². The van der Waals surface area contributed by atoms with Gasteiger partial charge in [0, 0.05) is 5.69 Å². The third kappa shape index (κ3) is 2.46. The molecule has 3 N–H and O–H groups in total. The number of benzene rings is 2. The van der Waals surface area contributed by atoms with E-state index in [1.807, 2.05) is 24.3 Å². The van der Waals surface area contributed by atoms with Gasteiger partial charge in [-0.05, 0) is 52.9 Å². The largest absolute Gasteiger partial charge is 0.424 e. The van der Waals surface area contributed by atoms with E-state index < -0.39 is 0 Å². The highest BCUT2D eigenvalue weighted by molar-refractivity contribution is 14.1. The second kappa shape index (κ2) is 5.12. The lowest BCUT2D eigenvalue weighted by Crippen LogP contribution is -2.10. The summed E-state index contributed by atoms with van der Waals surface area (Å²) in [6.07, 6.45) is 0. The SMILES string of the molecule is Nc1ccc2nc(Oc3ccccc3I)[nH]c(=O)c2c1. The van der Waals surface area contributed by atoms with Crippen molar-refractivity contribution in [2.24, 2.45) is 0 Å². The first kappa shape index (κ1) is 12.9. The summed E-state index contributed by atoms with van der Waals surface area (Å²) in [6, 6.07) is 12.7. The van der Waals surface area contributed by atoms with Crippen molar-refractivity contribution in [2.75, 3.05) is 5.73 Å². The van der Waals surface area contributed by atoms with Gasteiger partial charge >= 0.3 is 6.01 Å². The van der Waals surface area contributed by atoms with Gasteiger partial charge in [0.15, 0.2) is 0 Å². The molecule has 0 aliphatic carbocycles. The van der Waals surface area contributed by atoms with Crippen LogP contribution in [0, 0.1) is 3.57 Å². The van der Waals surface area contributed by atoms with E-state index in [2.05, 4.69) is 32.6 Å². The Morgan fingerprint density at radius 2 is 2.00 bits per heavy atom. The maximum Gasteiger partial charge on any atom is 0.302 e. The van der Waals surface area contributed by atoms with Crippen molar-refractivity contribution < 1.29 is 4.74 Å². The first-order valence-electron chi connectivity index (χ1n) is 5.85. The molecule has 0 aliphatic rings.